The molecule has 3 nitrogen and oxygen atoms in total. The Morgan fingerprint density at radius 1 is 1.35 bits per heavy atom. The van der Waals surface area contributed by atoms with Gasteiger partial charge >= 0.3 is 0 Å². The molecule has 1 aliphatic rings. The average Bonchev–Trinajstić information content (AvgIpc) is 2.89. The van der Waals surface area contributed by atoms with Gasteiger partial charge < -0.3 is 5.32 Å². The molecule has 1 aromatic carbocycles. The second kappa shape index (κ2) is 5.95. The Labute approximate surface area is 127 Å². The molecule has 3 rings (SSSR count). The summed E-state index contributed by atoms with van der Waals surface area (Å²) in [5.41, 5.74) is 2.03. The van der Waals surface area contributed by atoms with Crippen molar-refractivity contribution < 1.29 is 4.79 Å². The molecule has 0 fully saturated rings. The number of nitrogens with zero attached hydrogens (tertiary/aromatic N) is 1. The molecular weight excluding hydrogens is 292 g/mol. The van der Waals surface area contributed by atoms with Crippen molar-refractivity contribution in [1.82, 2.24) is 4.90 Å². The molecule has 20 heavy (non-hydrogen) atoms. The number of amides is 1. The van der Waals surface area contributed by atoms with Crippen LogP contribution in [0.3, 0.4) is 0 Å². The lowest BCUT2D eigenvalue weighted by Crippen LogP contribution is -2.36. The van der Waals surface area contributed by atoms with Crippen LogP contribution in [0.25, 0.3) is 0 Å². The Morgan fingerprint density at radius 2 is 2.20 bits per heavy atom. The van der Waals surface area contributed by atoms with E-state index in [1.165, 1.54) is 10.4 Å². The van der Waals surface area contributed by atoms with E-state index in [1.807, 2.05) is 18.2 Å². The average molecular weight is 307 g/mol. The SMILES string of the molecule is O=C(CN1CCc2sccc2C1)Nc1ccccc1Cl. The lowest BCUT2D eigenvalue weighted by atomic mass is 10.1. The van der Waals surface area contributed by atoms with Crippen LogP contribution in [0.5, 0.6) is 0 Å². The first-order valence-electron chi connectivity index (χ1n) is 6.54. The molecule has 1 aromatic heterocycles. The molecule has 1 N–H and O–H groups in total. The van der Waals surface area contributed by atoms with Gasteiger partial charge in [0.15, 0.2) is 0 Å². The minimum atomic E-state index is -0.0169. The summed E-state index contributed by atoms with van der Waals surface area (Å²) in [7, 11) is 0. The van der Waals surface area contributed by atoms with Crippen LogP contribution in [-0.4, -0.2) is 23.9 Å². The van der Waals surface area contributed by atoms with Crippen molar-refractivity contribution in [2.75, 3.05) is 18.4 Å². The monoisotopic (exact) mass is 306 g/mol. The summed E-state index contributed by atoms with van der Waals surface area (Å²) in [6.07, 6.45) is 1.03. The third-order valence-corrected chi connectivity index (χ3v) is 4.75. The zero-order valence-corrected chi connectivity index (χ0v) is 12.5. The van der Waals surface area contributed by atoms with E-state index in [0.29, 0.717) is 17.3 Å². The number of nitrogens with one attached hydrogen (secondary N) is 1. The van der Waals surface area contributed by atoms with Crippen LogP contribution in [-0.2, 0) is 17.8 Å². The molecule has 0 atom stereocenters. The minimum absolute atomic E-state index is 0.0169. The largest absolute Gasteiger partial charge is 0.324 e. The van der Waals surface area contributed by atoms with Gasteiger partial charge in [0.25, 0.3) is 0 Å². The van der Waals surface area contributed by atoms with Gasteiger partial charge in [0, 0.05) is 18.0 Å². The number of anilines is 1. The maximum atomic E-state index is 12.1. The third-order valence-electron chi connectivity index (χ3n) is 3.40. The van der Waals surface area contributed by atoms with Gasteiger partial charge in [0.2, 0.25) is 5.91 Å². The fourth-order valence-electron chi connectivity index (χ4n) is 2.40. The summed E-state index contributed by atoms with van der Waals surface area (Å²) in [4.78, 5) is 15.7. The molecule has 2 heterocycles. The Bertz CT molecular complexity index is 626. The first kappa shape index (κ1) is 13.6. The van der Waals surface area contributed by atoms with E-state index >= 15 is 0 Å². The van der Waals surface area contributed by atoms with Crippen molar-refractivity contribution in [3.05, 3.63) is 51.2 Å². The maximum Gasteiger partial charge on any atom is 0.238 e. The van der Waals surface area contributed by atoms with Crippen LogP contribution < -0.4 is 5.32 Å². The highest BCUT2D eigenvalue weighted by Crippen LogP contribution is 2.24. The normalized spacial score (nSPS) is 14.8. The summed E-state index contributed by atoms with van der Waals surface area (Å²) in [5, 5.41) is 5.56. The molecule has 5 heteroatoms. The van der Waals surface area contributed by atoms with E-state index in [-0.39, 0.29) is 5.91 Å². The van der Waals surface area contributed by atoms with Gasteiger partial charge in [0.05, 0.1) is 17.3 Å². The first-order chi connectivity index (χ1) is 9.72. The Kier molecular flexibility index (Phi) is 4.05. The zero-order valence-electron chi connectivity index (χ0n) is 10.9. The van der Waals surface area contributed by atoms with Gasteiger partial charge in [-0.3, -0.25) is 9.69 Å². The molecule has 1 aliphatic heterocycles. The molecule has 0 unspecified atom stereocenters. The van der Waals surface area contributed by atoms with E-state index in [9.17, 15) is 4.79 Å². The number of benzene rings is 1. The highest BCUT2D eigenvalue weighted by atomic mass is 35.5. The van der Waals surface area contributed by atoms with Crippen molar-refractivity contribution in [3.8, 4) is 0 Å². The second-order valence-corrected chi connectivity index (χ2v) is 6.27. The standard InChI is InChI=1S/C15H15ClN2OS/c16-12-3-1-2-4-13(12)17-15(19)10-18-7-5-14-11(9-18)6-8-20-14/h1-4,6,8H,5,7,9-10H2,(H,17,19). The summed E-state index contributed by atoms with van der Waals surface area (Å²) < 4.78 is 0. The number of carbonyl (C=O) groups excluding carboxylic acids is 1. The van der Waals surface area contributed by atoms with Crippen molar-refractivity contribution in [1.29, 1.82) is 0 Å². The van der Waals surface area contributed by atoms with Crippen LogP contribution in [0.4, 0.5) is 5.69 Å². The van der Waals surface area contributed by atoms with Crippen LogP contribution >= 0.6 is 22.9 Å². The third kappa shape index (κ3) is 3.03. The lowest BCUT2D eigenvalue weighted by Gasteiger charge is -2.26. The van der Waals surface area contributed by atoms with Gasteiger partial charge in [-0.1, -0.05) is 23.7 Å². The molecule has 1 amide bonds. The molecule has 2 aromatic rings. The van der Waals surface area contributed by atoms with Gasteiger partial charge in [0.1, 0.15) is 0 Å². The molecule has 0 saturated heterocycles. The second-order valence-electron chi connectivity index (χ2n) is 4.86. The molecule has 0 spiro atoms. The van der Waals surface area contributed by atoms with Crippen molar-refractivity contribution in [2.24, 2.45) is 0 Å². The van der Waals surface area contributed by atoms with Crippen LogP contribution in [0.2, 0.25) is 5.02 Å². The Hall–Kier alpha value is -1.36. The summed E-state index contributed by atoms with van der Waals surface area (Å²) in [6, 6.07) is 9.45. The number of carbonyl (C=O) groups is 1. The number of hydrogen-bond acceptors (Lipinski definition) is 3. The van der Waals surface area contributed by atoms with Crippen molar-refractivity contribution in [3.63, 3.8) is 0 Å². The highest BCUT2D eigenvalue weighted by Gasteiger charge is 2.19. The number of thiophene rings is 1. The van der Waals surface area contributed by atoms with E-state index in [0.717, 1.165) is 19.5 Å². The predicted molar refractivity (Wildman–Crippen MR) is 83.4 cm³/mol. The number of para-hydroxylation sites is 1. The summed E-state index contributed by atoms with van der Waals surface area (Å²) in [5.74, 6) is -0.0169. The van der Waals surface area contributed by atoms with Gasteiger partial charge in [-0.25, -0.2) is 0 Å². The zero-order chi connectivity index (χ0) is 13.9. The Balaban J connectivity index is 1.59. The maximum absolute atomic E-state index is 12.1. The molecule has 0 aliphatic carbocycles. The predicted octanol–water partition coefficient (Wildman–Crippen LogP) is 3.40. The highest BCUT2D eigenvalue weighted by molar-refractivity contribution is 7.10. The van der Waals surface area contributed by atoms with Crippen molar-refractivity contribution in [2.45, 2.75) is 13.0 Å². The van der Waals surface area contributed by atoms with E-state index < -0.39 is 0 Å². The molecular formula is C15H15ClN2OS. The van der Waals surface area contributed by atoms with Gasteiger partial charge in [-0.15, -0.1) is 11.3 Å². The van der Waals surface area contributed by atoms with Crippen molar-refractivity contribution >= 4 is 34.5 Å². The fourth-order valence-corrected chi connectivity index (χ4v) is 3.47. The Morgan fingerprint density at radius 3 is 3.05 bits per heavy atom. The van der Waals surface area contributed by atoms with E-state index in [1.54, 1.807) is 17.4 Å². The topological polar surface area (TPSA) is 32.3 Å². The quantitative estimate of drug-likeness (QED) is 0.942. The first-order valence-corrected chi connectivity index (χ1v) is 7.80. The number of rotatable bonds is 3. The molecule has 0 bridgehead atoms. The number of halogens is 1. The van der Waals surface area contributed by atoms with Crippen LogP contribution in [0, 0.1) is 0 Å². The van der Waals surface area contributed by atoms with Gasteiger partial charge in [-0.2, -0.15) is 0 Å². The lowest BCUT2D eigenvalue weighted by molar-refractivity contribution is -0.117. The van der Waals surface area contributed by atoms with Crippen LogP contribution in [0.15, 0.2) is 35.7 Å². The van der Waals surface area contributed by atoms with E-state index in [4.69, 9.17) is 11.6 Å². The molecule has 104 valence electrons. The number of hydrogen-bond donors (Lipinski definition) is 1. The summed E-state index contributed by atoms with van der Waals surface area (Å²) >= 11 is 7.84. The van der Waals surface area contributed by atoms with Gasteiger partial charge in [-0.05, 0) is 35.6 Å². The van der Waals surface area contributed by atoms with Crippen LogP contribution in [0.1, 0.15) is 10.4 Å². The van der Waals surface area contributed by atoms with E-state index in [2.05, 4.69) is 21.7 Å². The smallest absolute Gasteiger partial charge is 0.238 e. The summed E-state index contributed by atoms with van der Waals surface area (Å²) in [6.45, 7) is 2.19. The molecule has 0 radical (unpaired) electrons. The fraction of sp³-hybridized carbons (Fsp3) is 0.267. The molecule has 0 saturated carbocycles. The number of fused-ring (bicyclic) bond motifs is 1. The minimum Gasteiger partial charge on any atom is -0.324 e.